The molecule has 2 spiro atoms. The van der Waals surface area contributed by atoms with E-state index in [-0.39, 0.29) is 21.1 Å². The van der Waals surface area contributed by atoms with E-state index in [1.54, 1.807) is 38.4 Å². The van der Waals surface area contributed by atoms with Gasteiger partial charge in [0.2, 0.25) is 0 Å². The number of likely N-dealkylation sites (tertiary alicyclic amines) is 1. The fourth-order valence-electron chi connectivity index (χ4n) is 9.79. The number of aryl methyl sites for hydroxylation is 1. The molecule has 2 aromatic carbocycles. The van der Waals surface area contributed by atoms with E-state index in [4.69, 9.17) is 14.2 Å². The molecule has 0 amide bonds. The summed E-state index contributed by atoms with van der Waals surface area (Å²) in [4.78, 5) is 0.201. The van der Waals surface area contributed by atoms with E-state index >= 15 is 0 Å². The van der Waals surface area contributed by atoms with Crippen molar-refractivity contribution in [1.29, 1.82) is 0 Å². The lowest BCUT2D eigenvalue weighted by molar-refractivity contribution is -0.834. The minimum atomic E-state index is -4.02. The zero-order chi connectivity index (χ0) is 29.0. The zero-order valence-corrected chi connectivity index (χ0v) is 24.8. The first-order valence-electron chi connectivity index (χ1n) is 13.8. The van der Waals surface area contributed by atoms with E-state index in [9.17, 15) is 21.9 Å². The van der Waals surface area contributed by atoms with Crippen molar-refractivity contribution >= 4 is 19.9 Å². The van der Waals surface area contributed by atoms with Gasteiger partial charge in [0.25, 0.3) is 0 Å². The van der Waals surface area contributed by atoms with Crippen LogP contribution in [0.1, 0.15) is 23.1 Å². The van der Waals surface area contributed by atoms with Crippen LogP contribution >= 0.6 is 0 Å². The van der Waals surface area contributed by atoms with Crippen molar-refractivity contribution in [3.05, 3.63) is 76.4 Å². The minimum absolute atomic E-state index is 0.201. The monoisotopic (exact) mass is 598 g/mol. The van der Waals surface area contributed by atoms with E-state index in [1.807, 2.05) is 31.2 Å². The summed E-state index contributed by atoms with van der Waals surface area (Å²) >= 11 is 0. The molecular formula is C30H32NO8S2+. The second-order valence-electron chi connectivity index (χ2n) is 12.6. The number of piperidine rings is 1. The molecular weight excluding hydrogens is 566 g/mol. The highest BCUT2D eigenvalue weighted by molar-refractivity contribution is 7.95. The second kappa shape index (κ2) is 7.37. The molecule has 9 nitrogen and oxygen atoms in total. The summed E-state index contributed by atoms with van der Waals surface area (Å²) in [6.07, 6.45) is 3.73. The molecule has 1 N–H and O–H groups in total. The summed E-state index contributed by atoms with van der Waals surface area (Å²) in [7, 11) is -3.21. The van der Waals surface area contributed by atoms with Crippen molar-refractivity contribution in [2.45, 2.75) is 53.1 Å². The number of quaternary nitrogens is 1. The van der Waals surface area contributed by atoms with Gasteiger partial charge in [-0.2, -0.15) is 8.42 Å². The maximum Gasteiger partial charge on any atom is 0.327 e. The Morgan fingerprint density at radius 3 is 2.51 bits per heavy atom. The van der Waals surface area contributed by atoms with E-state index < -0.39 is 59.6 Å². The van der Waals surface area contributed by atoms with Gasteiger partial charge in [-0.25, -0.2) is 12.3 Å². The number of hydrogen-bond acceptors (Lipinski definition) is 8. The number of rotatable bonds is 4. The first kappa shape index (κ1) is 25.8. The number of ether oxygens (including phenoxy) is 3. The molecule has 7 aliphatic rings. The number of aliphatic hydroxyl groups is 1. The Labute approximate surface area is 239 Å². The third-order valence-corrected chi connectivity index (χ3v) is 15.7. The molecule has 9 rings (SSSR count). The Morgan fingerprint density at radius 2 is 1.83 bits per heavy atom. The Kier molecular flexibility index (Phi) is 4.64. The summed E-state index contributed by atoms with van der Waals surface area (Å²) in [6.45, 7) is 2.16. The Bertz CT molecular complexity index is 1830. The van der Waals surface area contributed by atoms with Crippen LogP contribution in [0, 0.1) is 18.3 Å². The van der Waals surface area contributed by atoms with Gasteiger partial charge in [-0.15, -0.1) is 0 Å². The van der Waals surface area contributed by atoms with Gasteiger partial charge in [-0.05, 0) is 30.7 Å². The molecule has 1 unspecified atom stereocenters. The van der Waals surface area contributed by atoms with Crippen molar-refractivity contribution in [2.75, 3.05) is 27.8 Å². The number of benzene rings is 2. The highest BCUT2D eigenvalue weighted by atomic mass is 32.2. The van der Waals surface area contributed by atoms with Crippen LogP contribution < -0.4 is 9.47 Å². The van der Waals surface area contributed by atoms with Crippen molar-refractivity contribution in [3.8, 4) is 11.5 Å². The summed E-state index contributed by atoms with van der Waals surface area (Å²) in [5.74, 6) is -0.129. The van der Waals surface area contributed by atoms with Crippen LogP contribution in [0.4, 0.5) is 0 Å². The van der Waals surface area contributed by atoms with Gasteiger partial charge >= 0.3 is 10.0 Å². The van der Waals surface area contributed by atoms with E-state index in [0.717, 1.165) is 22.1 Å². The maximum absolute atomic E-state index is 14.7. The fourth-order valence-corrected chi connectivity index (χ4v) is 14.0. The number of aliphatic hydroxyl groups excluding tert-OH is 1. The largest absolute Gasteiger partial charge is 0.511 e. The number of hydrogen-bond donors (Lipinski definition) is 1. The number of nitrogens with zero attached hydrogens (tertiary/aromatic N) is 1. The first-order chi connectivity index (χ1) is 19.4. The quantitative estimate of drug-likeness (QED) is 0.422. The molecule has 4 aliphatic carbocycles. The van der Waals surface area contributed by atoms with Crippen molar-refractivity contribution in [3.63, 3.8) is 0 Å². The highest BCUT2D eigenvalue weighted by Gasteiger charge is 2.88. The molecule has 0 radical (unpaired) electrons. The SMILES string of the molecule is COc1ccc2c3c1O[C@H]1[C@@]4(OC)C=C[C@]5([C@@H](C2)[N+](C)(S(=O)(=O)c2ccc(C)cc2)CC[C@]315)[C@@H]1[C@H]4C(O)=CS1(=O)=O. The standard InChI is InChI=1S/C30H31NO8S2/c1-17-5-8-19(9-6-17)41(35,36)31(2)14-13-29-23-18-7-10-21(37-3)25(23)39-27(29)30(38-4)12-11-28(29,22(31)15-18)26-24(30)20(32)16-40(26,33)34/h5-12,16,22,24,26-27H,13-15H2,1-4H3/p+1/t22-,24-,26+,27-,28+,29+,30-,31?/m1/s1. The third kappa shape index (κ3) is 2.47. The summed E-state index contributed by atoms with van der Waals surface area (Å²) in [6, 6.07) is 9.94. The van der Waals surface area contributed by atoms with Crippen molar-refractivity contribution in [1.82, 2.24) is 0 Å². The zero-order valence-electron chi connectivity index (χ0n) is 23.2. The lowest BCUT2D eigenvalue weighted by atomic mass is 9.37. The predicted molar refractivity (Wildman–Crippen MR) is 149 cm³/mol. The molecule has 41 heavy (non-hydrogen) atoms. The number of likely N-dealkylation sites (N-methyl/N-ethyl adjacent to an activating group) is 1. The van der Waals surface area contributed by atoms with Crippen LogP contribution in [-0.2, 0) is 36.4 Å². The smallest absolute Gasteiger partial charge is 0.327 e. The molecule has 1 saturated heterocycles. The Hall–Kier alpha value is -2.86. The minimum Gasteiger partial charge on any atom is -0.511 e. The normalized spacial score (nSPS) is 41.8. The molecule has 2 aromatic rings. The van der Waals surface area contributed by atoms with Gasteiger partial charge in [-0.3, -0.25) is 0 Å². The summed E-state index contributed by atoms with van der Waals surface area (Å²) in [5.41, 5.74) is -0.635. The third-order valence-electron chi connectivity index (χ3n) is 11.4. The summed E-state index contributed by atoms with van der Waals surface area (Å²) < 4.78 is 75.9. The van der Waals surface area contributed by atoms with Crippen LogP contribution in [0.5, 0.6) is 11.5 Å². The van der Waals surface area contributed by atoms with Gasteiger partial charge in [0, 0.05) is 25.5 Å². The Balaban J connectivity index is 1.49. The van der Waals surface area contributed by atoms with E-state index in [0.29, 0.717) is 24.3 Å². The van der Waals surface area contributed by atoms with E-state index in [2.05, 4.69) is 0 Å². The molecule has 11 heteroatoms. The van der Waals surface area contributed by atoms with Gasteiger partial charge in [-0.1, -0.05) is 35.9 Å². The molecule has 4 bridgehead atoms. The van der Waals surface area contributed by atoms with Crippen LogP contribution in [0.25, 0.3) is 0 Å². The van der Waals surface area contributed by atoms with Crippen LogP contribution in [0.2, 0.25) is 0 Å². The second-order valence-corrected chi connectivity index (χ2v) is 16.8. The van der Waals surface area contributed by atoms with Crippen LogP contribution in [0.3, 0.4) is 0 Å². The van der Waals surface area contributed by atoms with Crippen molar-refractivity contribution < 1.29 is 40.0 Å². The lowest BCUT2D eigenvalue weighted by Crippen LogP contribution is -2.86. The average Bonchev–Trinajstić information content (AvgIpc) is 3.44. The molecule has 3 heterocycles. The maximum atomic E-state index is 14.7. The van der Waals surface area contributed by atoms with Crippen molar-refractivity contribution in [2.24, 2.45) is 11.3 Å². The number of sulfonamides is 1. The highest BCUT2D eigenvalue weighted by Crippen LogP contribution is 2.78. The average molecular weight is 599 g/mol. The fraction of sp³-hybridized carbons (Fsp3) is 0.467. The Morgan fingerprint density at radius 1 is 1.10 bits per heavy atom. The van der Waals surface area contributed by atoms with E-state index in [1.165, 1.54) is 7.11 Å². The summed E-state index contributed by atoms with van der Waals surface area (Å²) in [5, 5.41) is 11.1. The molecule has 0 aromatic heterocycles. The van der Waals surface area contributed by atoms with Crippen LogP contribution in [0.15, 0.2) is 64.6 Å². The first-order valence-corrected chi connectivity index (χ1v) is 16.8. The number of methoxy groups -OCH3 is 2. The van der Waals surface area contributed by atoms with Gasteiger partial charge in [0.15, 0.2) is 21.3 Å². The van der Waals surface area contributed by atoms with Gasteiger partial charge in [0.05, 0.1) is 48.1 Å². The molecule has 3 aliphatic heterocycles. The molecule has 1 saturated carbocycles. The topological polar surface area (TPSA) is 116 Å². The molecule has 2 fully saturated rings. The number of sulfone groups is 1. The van der Waals surface area contributed by atoms with Gasteiger partial charge < -0.3 is 19.3 Å². The molecule has 216 valence electrons. The van der Waals surface area contributed by atoms with Crippen LogP contribution in [-0.4, -0.2) is 76.6 Å². The van der Waals surface area contributed by atoms with Gasteiger partial charge in [0.1, 0.15) is 28.4 Å². The lowest BCUT2D eigenvalue weighted by Gasteiger charge is -2.72. The predicted octanol–water partition coefficient (Wildman–Crippen LogP) is 2.93. The molecule has 8 atom stereocenters.